The average molecular weight is 242 g/mol. The Labute approximate surface area is 101 Å². The molecule has 0 aliphatic rings. The molecule has 0 spiro atoms. The summed E-state index contributed by atoms with van der Waals surface area (Å²) >= 11 is 11.8. The van der Waals surface area contributed by atoms with Gasteiger partial charge in [-0.25, -0.2) is 0 Å². The van der Waals surface area contributed by atoms with E-state index in [0.717, 1.165) is 24.8 Å². The van der Waals surface area contributed by atoms with Crippen LogP contribution in [0.15, 0.2) is 18.2 Å². The highest BCUT2D eigenvalue weighted by Gasteiger charge is 2.07. The number of rotatable bonds is 4. The molecule has 80 valence electrons. The molecule has 0 radical (unpaired) electrons. The lowest BCUT2D eigenvalue weighted by molar-refractivity contribution is 0.621. The second-order valence-electron chi connectivity index (χ2n) is 3.41. The number of unbranched alkanes of at least 4 members (excludes halogenated alkanes) is 1. The van der Waals surface area contributed by atoms with E-state index in [1.54, 1.807) is 6.07 Å². The third kappa shape index (κ3) is 4.13. The normalized spacial score (nSPS) is 12.1. The molecule has 1 aromatic rings. The Balaban J connectivity index is 2.65. The third-order valence-electron chi connectivity index (χ3n) is 2.15. The first-order valence-corrected chi connectivity index (χ1v) is 5.54. The number of halogens is 2. The zero-order valence-corrected chi connectivity index (χ0v) is 9.85. The van der Waals surface area contributed by atoms with E-state index in [4.69, 9.17) is 35.4 Å². The number of hydrogen-bond donors (Lipinski definition) is 1. The Hall–Kier alpha value is -0.680. The van der Waals surface area contributed by atoms with Crippen LogP contribution in [0.1, 0.15) is 30.9 Å². The SMILES string of the molecule is C#CCCCC(N)c1cc(Cl)cc(Cl)c1. The molecule has 15 heavy (non-hydrogen) atoms. The van der Waals surface area contributed by atoms with Crippen LogP contribution in [0.4, 0.5) is 0 Å². The Kier molecular flexibility index (Phi) is 4.98. The highest BCUT2D eigenvalue weighted by atomic mass is 35.5. The van der Waals surface area contributed by atoms with Gasteiger partial charge in [0.2, 0.25) is 0 Å². The first-order valence-electron chi connectivity index (χ1n) is 4.78. The van der Waals surface area contributed by atoms with E-state index < -0.39 is 0 Å². The minimum absolute atomic E-state index is 0.0467. The van der Waals surface area contributed by atoms with Gasteiger partial charge in [0.25, 0.3) is 0 Å². The van der Waals surface area contributed by atoms with Crippen LogP contribution in [-0.2, 0) is 0 Å². The lowest BCUT2D eigenvalue weighted by Gasteiger charge is -2.11. The van der Waals surface area contributed by atoms with Gasteiger partial charge < -0.3 is 5.73 Å². The number of terminal acetylenes is 1. The quantitative estimate of drug-likeness (QED) is 0.630. The molecule has 1 atom stereocenters. The van der Waals surface area contributed by atoms with Crippen molar-refractivity contribution < 1.29 is 0 Å². The molecule has 0 bridgehead atoms. The van der Waals surface area contributed by atoms with Gasteiger partial charge in [-0.15, -0.1) is 12.3 Å². The monoisotopic (exact) mass is 241 g/mol. The number of benzene rings is 1. The third-order valence-corrected chi connectivity index (χ3v) is 2.59. The van der Waals surface area contributed by atoms with E-state index >= 15 is 0 Å². The van der Waals surface area contributed by atoms with Gasteiger partial charge >= 0.3 is 0 Å². The Bertz CT molecular complexity index is 348. The van der Waals surface area contributed by atoms with Crippen LogP contribution in [0.2, 0.25) is 10.0 Å². The van der Waals surface area contributed by atoms with Crippen LogP contribution in [0.25, 0.3) is 0 Å². The van der Waals surface area contributed by atoms with Crippen molar-refractivity contribution in [2.45, 2.75) is 25.3 Å². The van der Waals surface area contributed by atoms with Crippen molar-refractivity contribution in [1.29, 1.82) is 0 Å². The minimum Gasteiger partial charge on any atom is -0.324 e. The van der Waals surface area contributed by atoms with Crippen molar-refractivity contribution in [3.8, 4) is 12.3 Å². The maximum absolute atomic E-state index is 5.99. The van der Waals surface area contributed by atoms with Crippen LogP contribution in [-0.4, -0.2) is 0 Å². The zero-order valence-electron chi connectivity index (χ0n) is 8.34. The van der Waals surface area contributed by atoms with E-state index in [9.17, 15) is 0 Å². The molecule has 0 aliphatic carbocycles. The molecule has 0 saturated heterocycles. The largest absolute Gasteiger partial charge is 0.324 e. The molecule has 3 heteroatoms. The number of hydrogen-bond acceptors (Lipinski definition) is 1. The maximum atomic E-state index is 5.99. The van der Waals surface area contributed by atoms with Gasteiger partial charge in [0.05, 0.1) is 0 Å². The predicted octanol–water partition coefficient (Wildman–Crippen LogP) is 3.80. The van der Waals surface area contributed by atoms with Crippen molar-refractivity contribution in [3.63, 3.8) is 0 Å². The lowest BCUT2D eigenvalue weighted by atomic mass is 10.0. The first-order chi connectivity index (χ1) is 7.13. The van der Waals surface area contributed by atoms with Crippen LogP contribution >= 0.6 is 23.2 Å². The molecule has 2 N–H and O–H groups in total. The van der Waals surface area contributed by atoms with Crippen molar-refractivity contribution in [2.75, 3.05) is 0 Å². The minimum atomic E-state index is -0.0467. The molecule has 0 fully saturated rings. The fourth-order valence-electron chi connectivity index (χ4n) is 1.38. The predicted molar refractivity (Wildman–Crippen MR) is 66.1 cm³/mol. The molecule has 0 heterocycles. The summed E-state index contributed by atoms with van der Waals surface area (Å²) in [5.74, 6) is 2.59. The molecule has 0 saturated carbocycles. The summed E-state index contributed by atoms with van der Waals surface area (Å²) < 4.78 is 0. The van der Waals surface area contributed by atoms with Crippen LogP contribution in [0.5, 0.6) is 0 Å². The second kappa shape index (κ2) is 6.02. The fraction of sp³-hybridized carbons (Fsp3) is 0.333. The van der Waals surface area contributed by atoms with Crippen molar-refractivity contribution in [3.05, 3.63) is 33.8 Å². The van der Waals surface area contributed by atoms with Crippen LogP contribution < -0.4 is 5.73 Å². The molecule has 0 amide bonds. The molecular weight excluding hydrogens is 229 g/mol. The Morgan fingerprint density at radius 1 is 1.27 bits per heavy atom. The summed E-state index contributed by atoms with van der Waals surface area (Å²) in [5.41, 5.74) is 6.95. The Morgan fingerprint density at radius 2 is 1.87 bits per heavy atom. The fourth-order valence-corrected chi connectivity index (χ4v) is 1.92. The molecule has 1 unspecified atom stereocenters. The molecule has 0 aromatic heterocycles. The Morgan fingerprint density at radius 3 is 2.40 bits per heavy atom. The molecule has 1 aromatic carbocycles. The van der Waals surface area contributed by atoms with Crippen LogP contribution in [0, 0.1) is 12.3 Å². The second-order valence-corrected chi connectivity index (χ2v) is 4.28. The van der Waals surface area contributed by atoms with E-state index in [0.29, 0.717) is 10.0 Å². The summed E-state index contributed by atoms with van der Waals surface area (Å²) in [4.78, 5) is 0. The molecule has 0 aliphatic heterocycles. The first kappa shape index (κ1) is 12.4. The summed E-state index contributed by atoms with van der Waals surface area (Å²) in [5, 5.41) is 1.23. The smallest absolute Gasteiger partial charge is 0.0424 e. The van der Waals surface area contributed by atoms with Gasteiger partial charge in [-0.05, 0) is 36.6 Å². The van der Waals surface area contributed by atoms with E-state index in [-0.39, 0.29) is 6.04 Å². The van der Waals surface area contributed by atoms with E-state index in [2.05, 4.69) is 5.92 Å². The van der Waals surface area contributed by atoms with Gasteiger partial charge in [-0.2, -0.15) is 0 Å². The summed E-state index contributed by atoms with van der Waals surface area (Å²) in [6, 6.07) is 5.33. The number of nitrogens with two attached hydrogens (primary N) is 1. The van der Waals surface area contributed by atoms with Gasteiger partial charge in [0, 0.05) is 22.5 Å². The highest BCUT2D eigenvalue weighted by molar-refractivity contribution is 6.34. The lowest BCUT2D eigenvalue weighted by Crippen LogP contribution is -2.09. The van der Waals surface area contributed by atoms with E-state index in [1.165, 1.54) is 0 Å². The standard InChI is InChI=1S/C12H13Cl2N/c1-2-3-4-5-12(15)9-6-10(13)8-11(14)7-9/h1,6-8,12H,3-5,15H2. The average Bonchev–Trinajstić information content (AvgIpc) is 2.16. The van der Waals surface area contributed by atoms with E-state index in [1.807, 2.05) is 12.1 Å². The molecular formula is C12H13Cl2N. The van der Waals surface area contributed by atoms with Crippen molar-refractivity contribution >= 4 is 23.2 Å². The van der Waals surface area contributed by atoms with Crippen molar-refractivity contribution in [2.24, 2.45) is 5.73 Å². The summed E-state index contributed by atoms with van der Waals surface area (Å²) in [6.07, 6.45) is 7.69. The highest BCUT2D eigenvalue weighted by Crippen LogP contribution is 2.24. The maximum Gasteiger partial charge on any atom is 0.0424 e. The van der Waals surface area contributed by atoms with Gasteiger partial charge in [0.1, 0.15) is 0 Å². The topological polar surface area (TPSA) is 26.0 Å². The summed E-state index contributed by atoms with van der Waals surface area (Å²) in [7, 11) is 0. The van der Waals surface area contributed by atoms with Gasteiger partial charge in [-0.3, -0.25) is 0 Å². The van der Waals surface area contributed by atoms with Gasteiger partial charge in [0.15, 0.2) is 0 Å². The van der Waals surface area contributed by atoms with Gasteiger partial charge in [-0.1, -0.05) is 23.2 Å². The zero-order chi connectivity index (χ0) is 11.3. The molecule has 1 rings (SSSR count). The molecule has 1 nitrogen and oxygen atoms in total. The van der Waals surface area contributed by atoms with Crippen LogP contribution in [0.3, 0.4) is 0 Å². The van der Waals surface area contributed by atoms with Crippen molar-refractivity contribution in [1.82, 2.24) is 0 Å². The summed E-state index contributed by atoms with van der Waals surface area (Å²) in [6.45, 7) is 0.